The molecule has 0 fully saturated rings. The molecular formula is C5H5N2O2. The van der Waals surface area contributed by atoms with Gasteiger partial charge < -0.3 is 10.1 Å². The lowest BCUT2D eigenvalue weighted by Crippen LogP contribution is -1.98. The highest BCUT2D eigenvalue weighted by Gasteiger charge is 2.07. The predicted molar refractivity (Wildman–Crippen MR) is 29.1 cm³/mol. The Bertz CT molecular complexity index is 229. The Kier molecular flexibility index (Phi) is 1.22. The van der Waals surface area contributed by atoms with Gasteiger partial charge in [0, 0.05) is 5.69 Å². The van der Waals surface area contributed by atoms with Gasteiger partial charge in [-0.2, -0.15) is 0 Å². The maximum Gasteiger partial charge on any atom is 0.356 e. The molecule has 47 valence electrons. The third-order valence-corrected chi connectivity index (χ3v) is 0.969. The maximum atomic E-state index is 10.2. The highest BCUT2D eigenvalue weighted by atomic mass is 16.4. The van der Waals surface area contributed by atoms with E-state index < -0.39 is 5.97 Å². The summed E-state index contributed by atoms with van der Waals surface area (Å²) in [6.45, 7) is 1.63. The molecule has 0 atom stereocenters. The minimum atomic E-state index is -1.02. The summed E-state index contributed by atoms with van der Waals surface area (Å²) in [6, 6.07) is 0. The molecule has 0 aromatic carbocycles. The lowest BCUT2D eigenvalue weighted by Gasteiger charge is -1.84. The van der Waals surface area contributed by atoms with Crippen LogP contribution in [0.3, 0.4) is 0 Å². The number of aromatic carboxylic acids is 1. The SMILES string of the molecule is Cc1[nH][c]nc1C(=O)O. The van der Waals surface area contributed by atoms with Crippen LogP contribution in [0.2, 0.25) is 0 Å². The van der Waals surface area contributed by atoms with Crippen molar-refractivity contribution in [3.63, 3.8) is 0 Å². The van der Waals surface area contributed by atoms with Crippen molar-refractivity contribution in [3.05, 3.63) is 17.7 Å². The van der Waals surface area contributed by atoms with Gasteiger partial charge in [-0.3, -0.25) is 0 Å². The van der Waals surface area contributed by atoms with Gasteiger partial charge in [0.05, 0.1) is 0 Å². The highest BCUT2D eigenvalue weighted by Crippen LogP contribution is 1.97. The van der Waals surface area contributed by atoms with Crippen LogP contribution in [0.25, 0.3) is 0 Å². The van der Waals surface area contributed by atoms with E-state index >= 15 is 0 Å². The Hall–Kier alpha value is -1.32. The number of carboxylic acids is 1. The number of nitrogens with one attached hydrogen (secondary N) is 1. The molecule has 0 saturated carbocycles. The van der Waals surface area contributed by atoms with Gasteiger partial charge in [-0.25, -0.2) is 9.78 Å². The molecule has 1 aromatic rings. The van der Waals surface area contributed by atoms with Crippen molar-refractivity contribution in [2.45, 2.75) is 6.92 Å². The molecule has 9 heavy (non-hydrogen) atoms. The summed E-state index contributed by atoms with van der Waals surface area (Å²) >= 11 is 0. The van der Waals surface area contributed by atoms with Crippen LogP contribution < -0.4 is 0 Å². The Morgan fingerprint density at radius 1 is 1.89 bits per heavy atom. The standard InChI is InChI=1S/C5H5N2O2/c1-3-4(5(8)9)7-2-6-3/h1H3,(H,6,7)(H,8,9). The van der Waals surface area contributed by atoms with Crippen molar-refractivity contribution >= 4 is 5.97 Å². The number of aromatic amines is 1. The largest absolute Gasteiger partial charge is 0.476 e. The average molecular weight is 125 g/mol. The second kappa shape index (κ2) is 1.89. The van der Waals surface area contributed by atoms with Gasteiger partial charge in [0.2, 0.25) is 0 Å². The first-order chi connectivity index (χ1) is 4.22. The van der Waals surface area contributed by atoms with Gasteiger partial charge in [0.1, 0.15) is 0 Å². The van der Waals surface area contributed by atoms with Crippen LogP contribution in [0.4, 0.5) is 0 Å². The highest BCUT2D eigenvalue weighted by molar-refractivity contribution is 5.86. The van der Waals surface area contributed by atoms with E-state index in [1.807, 2.05) is 0 Å². The molecule has 0 aliphatic heterocycles. The molecule has 1 radical (unpaired) electrons. The third-order valence-electron chi connectivity index (χ3n) is 0.969. The molecular weight excluding hydrogens is 120 g/mol. The van der Waals surface area contributed by atoms with E-state index in [1.54, 1.807) is 6.92 Å². The number of H-pyrrole nitrogens is 1. The van der Waals surface area contributed by atoms with E-state index in [9.17, 15) is 4.79 Å². The number of carboxylic acid groups (broad SMARTS) is 1. The zero-order valence-electron chi connectivity index (χ0n) is 4.80. The summed E-state index contributed by atoms with van der Waals surface area (Å²) in [7, 11) is 0. The number of aryl methyl sites for hydroxylation is 1. The summed E-state index contributed by atoms with van der Waals surface area (Å²) in [4.78, 5) is 16.1. The van der Waals surface area contributed by atoms with Crippen LogP contribution in [0.5, 0.6) is 0 Å². The molecule has 4 heteroatoms. The first-order valence-electron chi connectivity index (χ1n) is 2.37. The van der Waals surface area contributed by atoms with Crippen molar-refractivity contribution in [3.8, 4) is 0 Å². The van der Waals surface area contributed by atoms with E-state index in [4.69, 9.17) is 5.11 Å². The Morgan fingerprint density at radius 3 is 2.78 bits per heavy atom. The molecule has 0 aliphatic rings. The van der Waals surface area contributed by atoms with Crippen LogP contribution in [0.15, 0.2) is 0 Å². The van der Waals surface area contributed by atoms with Gasteiger partial charge in [-0.1, -0.05) is 0 Å². The molecule has 0 amide bonds. The quantitative estimate of drug-likeness (QED) is 0.564. The maximum absolute atomic E-state index is 10.2. The van der Waals surface area contributed by atoms with Crippen LogP contribution in [-0.2, 0) is 0 Å². The number of rotatable bonds is 1. The molecule has 0 unspecified atom stereocenters. The molecule has 1 aromatic heterocycles. The number of aromatic nitrogens is 2. The van der Waals surface area contributed by atoms with E-state index in [1.165, 1.54) is 0 Å². The van der Waals surface area contributed by atoms with E-state index in [0.29, 0.717) is 5.69 Å². The van der Waals surface area contributed by atoms with E-state index in [-0.39, 0.29) is 5.69 Å². The summed E-state index contributed by atoms with van der Waals surface area (Å²) in [5, 5.41) is 8.35. The third kappa shape index (κ3) is 0.910. The lowest BCUT2D eigenvalue weighted by molar-refractivity contribution is 0.0690. The number of nitrogens with zero attached hydrogens (tertiary/aromatic N) is 1. The molecule has 0 saturated heterocycles. The summed E-state index contributed by atoms with van der Waals surface area (Å²) in [6.07, 6.45) is 2.32. The number of hydrogen-bond donors (Lipinski definition) is 2. The Morgan fingerprint density at radius 2 is 2.56 bits per heavy atom. The Labute approximate surface area is 51.5 Å². The van der Waals surface area contributed by atoms with Crippen LogP contribution in [-0.4, -0.2) is 21.0 Å². The van der Waals surface area contributed by atoms with Crippen LogP contribution >= 0.6 is 0 Å². The van der Waals surface area contributed by atoms with Gasteiger partial charge in [0.15, 0.2) is 12.0 Å². The summed E-state index contributed by atoms with van der Waals surface area (Å²) < 4.78 is 0. The zero-order valence-corrected chi connectivity index (χ0v) is 4.80. The summed E-state index contributed by atoms with van der Waals surface area (Å²) in [5.41, 5.74) is 0.567. The second-order valence-electron chi connectivity index (χ2n) is 1.63. The fourth-order valence-corrected chi connectivity index (χ4v) is 0.519. The monoisotopic (exact) mass is 125 g/mol. The van der Waals surface area contributed by atoms with Crippen molar-refractivity contribution in [2.24, 2.45) is 0 Å². The minimum absolute atomic E-state index is 0.0370. The molecule has 0 bridgehead atoms. The van der Waals surface area contributed by atoms with Gasteiger partial charge in [0.25, 0.3) is 0 Å². The van der Waals surface area contributed by atoms with Crippen molar-refractivity contribution in [2.75, 3.05) is 0 Å². The second-order valence-corrected chi connectivity index (χ2v) is 1.63. The van der Waals surface area contributed by atoms with Crippen LogP contribution in [0.1, 0.15) is 16.2 Å². The number of hydrogen-bond acceptors (Lipinski definition) is 2. The predicted octanol–water partition coefficient (Wildman–Crippen LogP) is 0.217. The van der Waals surface area contributed by atoms with Crippen molar-refractivity contribution < 1.29 is 9.90 Å². The Balaban J connectivity index is 3.08. The van der Waals surface area contributed by atoms with Gasteiger partial charge >= 0.3 is 5.97 Å². The average Bonchev–Trinajstić information content (AvgIpc) is 2.13. The molecule has 0 aliphatic carbocycles. The first kappa shape index (κ1) is 5.81. The van der Waals surface area contributed by atoms with Gasteiger partial charge in [-0.05, 0) is 6.92 Å². The lowest BCUT2D eigenvalue weighted by atomic mass is 10.4. The van der Waals surface area contributed by atoms with Gasteiger partial charge in [-0.15, -0.1) is 0 Å². The van der Waals surface area contributed by atoms with Crippen LogP contribution in [0, 0.1) is 13.3 Å². The zero-order chi connectivity index (χ0) is 6.85. The summed E-state index contributed by atoms with van der Waals surface area (Å²) in [5.74, 6) is -1.02. The molecule has 1 rings (SSSR count). The van der Waals surface area contributed by atoms with Crippen molar-refractivity contribution in [1.29, 1.82) is 0 Å². The smallest absolute Gasteiger partial charge is 0.356 e. The fourth-order valence-electron chi connectivity index (χ4n) is 0.519. The fraction of sp³-hybridized carbons (Fsp3) is 0.200. The molecule has 1 heterocycles. The topological polar surface area (TPSA) is 66.0 Å². The van der Waals surface area contributed by atoms with E-state index in [0.717, 1.165) is 0 Å². The van der Waals surface area contributed by atoms with E-state index in [2.05, 4.69) is 16.3 Å². The normalized spacial score (nSPS) is 9.44. The van der Waals surface area contributed by atoms with Crippen molar-refractivity contribution in [1.82, 2.24) is 9.97 Å². The first-order valence-corrected chi connectivity index (χ1v) is 2.37. The number of carbonyl (C=O) groups is 1. The molecule has 4 nitrogen and oxygen atoms in total. The molecule has 2 N–H and O–H groups in total. The minimum Gasteiger partial charge on any atom is -0.476 e. The molecule has 0 spiro atoms. The number of imidazole rings is 1.